The van der Waals surface area contributed by atoms with E-state index in [1.165, 1.54) is 44.9 Å². The number of aliphatic hydroxyl groups is 1. The molecule has 2 rings (SSSR count). The molecular weight excluding hydrogens is 324 g/mol. The lowest BCUT2D eigenvalue weighted by atomic mass is 10.0. The number of nitrogens with one attached hydrogen (secondary N) is 1. The van der Waals surface area contributed by atoms with Crippen LogP contribution in [0.15, 0.2) is 30.3 Å². The molecular formula is C22H38N2O2. The van der Waals surface area contributed by atoms with Crippen LogP contribution in [-0.2, 0) is 4.74 Å². The molecule has 0 spiro atoms. The Morgan fingerprint density at radius 3 is 2.35 bits per heavy atom. The van der Waals surface area contributed by atoms with Gasteiger partial charge in [-0.25, -0.2) is 0 Å². The Labute approximate surface area is 159 Å². The summed E-state index contributed by atoms with van der Waals surface area (Å²) in [5.41, 5.74) is 0.998. The lowest BCUT2D eigenvalue weighted by Crippen LogP contribution is -2.48. The minimum atomic E-state index is -0.469. The summed E-state index contributed by atoms with van der Waals surface area (Å²) in [6.07, 6.45) is 8.73. The van der Waals surface area contributed by atoms with Crippen molar-refractivity contribution < 1.29 is 9.84 Å². The zero-order valence-electron chi connectivity index (χ0n) is 16.5. The van der Waals surface area contributed by atoms with Crippen LogP contribution in [0.4, 0.5) is 0 Å². The van der Waals surface area contributed by atoms with Gasteiger partial charge in [0.1, 0.15) is 0 Å². The van der Waals surface area contributed by atoms with Crippen molar-refractivity contribution in [2.24, 2.45) is 0 Å². The van der Waals surface area contributed by atoms with Gasteiger partial charge in [0.25, 0.3) is 0 Å². The van der Waals surface area contributed by atoms with E-state index in [2.05, 4.69) is 17.1 Å². The Bertz CT molecular complexity index is 449. The quantitative estimate of drug-likeness (QED) is 0.525. The third kappa shape index (κ3) is 8.17. The van der Waals surface area contributed by atoms with Gasteiger partial charge in [0.2, 0.25) is 0 Å². The van der Waals surface area contributed by atoms with E-state index in [-0.39, 0.29) is 6.04 Å². The molecule has 1 aliphatic heterocycles. The summed E-state index contributed by atoms with van der Waals surface area (Å²) < 4.78 is 5.46. The van der Waals surface area contributed by atoms with Crippen LogP contribution in [0.3, 0.4) is 0 Å². The Morgan fingerprint density at radius 1 is 1.00 bits per heavy atom. The van der Waals surface area contributed by atoms with Crippen LogP contribution < -0.4 is 5.32 Å². The number of morpholine rings is 1. The standard InChI is InChI=1S/C22H38N2O2/c1-2-3-4-5-6-7-11-14-23-21(19-24-15-17-26-18-16-24)22(25)20-12-9-8-10-13-20/h8-10,12-13,21-23,25H,2-7,11,14-19H2,1H3/t21-,22-/m0/s1. The number of hydrogen-bond donors (Lipinski definition) is 2. The number of unbranched alkanes of at least 4 members (excludes halogenated alkanes) is 6. The van der Waals surface area contributed by atoms with Crippen molar-refractivity contribution in [2.75, 3.05) is 39.4 Å². The molecule has 0 radical (unpaired) electrons. The van der Waals surface area contributed by atoms with Gasteiger partial charge in [0.05, 0.1) is 19.3 Å². The number of benzene rings is 1. The maximum absolute atomic E-state index is 10.9. The molecule has 2 atom stereocenters. The second-order valence-electron chi connectivity index (χ2n) is 7.45. The SMILES string of the molecule is CCCCCCCCCN[C@@H](CN1CCOCC1)[C@@H](O)c1ccccc1. The summed E-state index contributed by atoms with van der Waals surface area (Å²) in [7, 11) is 0. The summed E-state index contributed by atoms with van der Waals surface area (Å²) in [4.78, 5) is 2.40. The second-order valence-corrected chi connectivity index (χ2v) is 7.45. The van der Waals surface area contributed by atoms with E-state index < -0.39 is 6.10 Å². The van der Waals surface area contributed by atoms with Gasteiger partial charge < -0.3 is 15.2 Å². The molecule has 1 aromatic carbocycles. The molecule has 0 aromatic heterocycles. The Hall–Kier alpha value is -0.940. The molecule has 4 nitrogen and oxygen atoms in total. The van der Waals surface area contributed by atoms with E-state index in [1.807, 2.05) is 30.3 Å². The first-order valence-electron chi connectivity index (χ1n) is 10.6. The zero-order valence-corrected chi connectivity index (χ0v) is 16.5. The van der Waals surface area contributed by atoms with Crippen molar-refractivity contribution >= 4 is 0 Å². The third-order valence-electron chi connectivity index (χ3n) is 5.27. The van der Waals surface area contributed by atoms with Crippen LogP contribution in [0.2, 0.25) is 0 Å². The monoisotopic (exact) mass is 362 g/mol. The molecule has 1 heterocycles. The largest absolute Gasteiger partial charge is 0.387 e. The molecule has 148 valence electrons. The normalized spacial score (nSPS) is 17.9. The van der Waals surface area contributed by atoms with E-state index in [0.29, 0.717) is 0 Å². The topological polar surface area (TPSA) is 44.7 Å². The Balaban J connectivity index is 1.76. The van der Waals surface area contributed by atoms with Gasteiger partial charge >= 0.3 is 0 Å². The zero-order chi connectivity index (χ0) is 18.5. The molecule has 1 saturated heterocycles. The van der Waals surface area contributed by atoms with Crippen molar-refractivity contribution in [3.05, 3.63) is 35.9 Å². The van der Waals surface area contributed by atoms with E-state index in [0.717, 1.165) is 45.0 Å². The molecule has 0 saturated carbocycles. The van der Waals surface area contributed by atoms with Crippen LogP contribution >= 0.6 is 0 Å². The van der Waals surface area contributed by atoms with Crippen molar-refractivity contribution in [3.8, 4) is 0 Å². The Morgan fingerprint density at radius 2 is 1.65 bits per heavy atom. The first kappa shape index (κ1) is 21.4. The first-order valence-corrected chi connectivity index (χ1v) is 10.6. The fraction of sp³-hybridized carbons (Fsp3) is 0.727. The predicted octanol–water partition coefficient (Wildman–Crippen LogP) is 3.76. The fourth-order valence-electron chi connectivity index (χ4n) is 3.59. The average Bonchev–Trinajstić information content (AvgIpc) is 2.70. The summed E-state index contributed by atoms with van der Waals surface area (Å²) in [6, 6.07) is 10.1. The van der Waals surface area contributed by atoms with Crippen molar-refractivity contribution in [3.63, 3.8) is 0 Å². The van der Waals surface area contributed by atoms with Gasteiger partial charge in [-0.05, 0) is 18.5 Å². The molecule has 0 amide bonds. The average molecular weight is 363 g/mol. The van der Waals surface area contributed by atoms with Crippen LogP contribution in [0, 0.1) is 0 Å². The van der Waals surface area contributed by atoms with Gasteiger partial charge in [-0.3, -0.25) is 4.90 Å². The summed E-state index contributed by atoms with van der Waals surface area (Å²) >= 11 is 0. The number of aliphatic hydroxyl groups excluding tert-OH is 1. The molecule has 0 unspecified atom stereocenters. The molecule has 0 bridgehead atoms. The number of rotatable bonds is 13. The van der Waals surface area contributed by atoms with E-state index in [9.17, 15) is 5.11 Å². The molecule has 26 heavy (non-hydrogen) atoms. The fourth-order valence-corrected chi connectivity index (χ4v) is 3.59. The van der Waals surface area contributed by atoms with E-state index in [4.69, 9.17) is 4.74 Å². The first-order chi connectivity index (χ1) is 12.8. The highest BCUT2D eigenvalue weighted by Gasteiger charge is 2.24. The summed E-state index contributed by atoms with van der Waals surface area (Å²) in [5, 5.41) is 14.5. The van der Waals surface area contributed by atoms with Gasteiger partial charge in [0.15, 0.2) is 0 Å². The predicted molar refractivity (Wildman–Crippen MR) is 108 cm³/mol. The smallest absolute Gasteiger partial charge is 0.0955 e. The van der Waals surface area contributed by atoms with Crippen molar-refractivity contribution in [2.45, 2.75) is 64.0 Å². The Kier molecular flexibility index (Phi) is 10.9. The maximum atomic E-state index is 10.9. The van der Waals surface area contributed by atoms with Gasteiger partial charge in [-0.2, -0.15) is 0 Å². The highest BCUT2D eigenvalue weighted by atomic mass is 16.5. The van der Waals surface area contributed by atoms with Crippen molar-refractivity contribution in [1.29, 1.82) is 0 Å². The van der Waals surface area contributed by atoms with Crippen LogP contribution in [0.1, 0.15) is 63.5 Å². The number of hydrogen-bond acceptors (Lipinski definition) is 4. The van der Waals surface area contributed by atoms with Gasteiger partial charge in [0, 0.05) is 25.7 Å². The molecule has 0 aliphatic carbocycles. The van der Waals surface area contributed by atoms with Crippen LogP contribution in [-0.4, -0.2) is 55.4 Å². The minimum absolute atomic E-state index is 0.0654. The van der Waals surface area contributed by atoms with Gasteiger partial charge in [-0.1, -0.05) is 75.8 Å². The lowest BCUT2D eigenvalue weighted by Gasteiger charge is -2.33. The lowest BCUT2D eigenvalue weighted by molar-refractivity contribution is 0.0202. The molecule has 2 N–H and O–H groups in total. The molecule has 1 aliphatic rings. The van der Waals surface area contributed by atoms with E-state index in [1.54, 1.807) is 0 Å². The van der Waals surface area contributed by atoms with Crippen molar-refractivity contribution in [1.82, 2.24) is 10.2 Å². The maximum Gasteiger partial charge on any atom is 0.0955 e. The summed E-state index contributed by atoms with van der Waals surface area (Å²) in [5.74, 6) is 0. The van der Waals surface area contributed by atoms with Crippen LogP contribution in [0.25, 0.3) is 0 Å². The molecule has 1 fully saturated rings. The third-order valence-corrected chi connectivity index (χ3v) is 5.27. The molecule has 4 heteroatoms. The minimum Gasteiger partial charge on any atom is -0.387 e. The summed E-state index contributed by atoms with van der Waals surface area (Å²) in [6.45, 7) is 7.62. The van der Waals surface area contributed by atoms with Crippen LogP contribution in [0.5, 0.6) is 0 Å². The van der Waals surface area contributed by atoms with E-state index >= 15 is 0 Å². The molecule has 1 aromatic rings. The number of nitrogens with zero attached hydrogens (tertiary/aromatic N) is 1. The highest BCUT2D eigenvalue weighted by molar-refractivity contribution is 5.19. The van der Waals surface area contributed by atoms with Gasteiger partial charge in [-0.15, -0.1) is 0 Å². The highest BCUT2D eigenvalue weighted by Crippen LogP contribution is 2.18. The number of ether oxygens (including phenoxy) is 1. The second kappa shape index (κ2) is 13.3.